The summed E-state index contributed by atoms with van der Waals surface area (Å²) in [6, 6.07) is 7.42. The summed E-state index contributed by atoms with van der Waals surface area (Å²) in [5.74, 6) is -0.196. The van der Waals surface area contributed by atoms with E-state index in [1.165, 1.54) is 6.42 Å². The normalized spacial score (nSPS) is 13.9. The van der Waals surface area contributed by atoms with Gasteiger partial charge < -0.3 is 10.4 Å². The fraction of sp³-hybridized carbons (Fsp3) is 0.533. The van der Waals surface area contributed by atoms with Gasteiger partial charge in [-0.25, -0.2) is 4.79 Å². The second-order valence-corrected chi connectivity index (χ2v) is 4.88. The lowest BCUT2D eigenvalue weighted by Gasteiger charge is -2.21. The SMILES string of the molecule is CCC(C)CC(CC)Nc1cccc(C(=O)O)c1. The van der Waals surface area contributed by atoms with Crippen molar-refractivity contribution in [2.75, 3.05) is 5.32 Å². The molecule has 0 aliphatic carbocycles. The van der Waals surface area contributed by atoms with E-state index in [2.05, 4.69) is 26.1 Å². The first kappa shape index (κ1) is 14.6. The van der Waals surface area contributed by atoms with E-state index in [9.17, 15) is 4.79 Å². The third-order valence-corrected chi connectivity index (χ3v) is 3.36. The van der Waals surface area contributed by atoms with Gasteiger partial charge in [0.25, 0.3) is 0 Å². The fourth-order valence-corrected chi connectivity index (χ4v) is 1.96. The third kappa shape index (κ3) is 4.40. The molecule has 0 aliphatic heterocycles. The molecule has 100 valence electrons. The summed E-state index contributed by atoms with van der Waals surface area (Å²) in [6.45, 7) is 6.60. The van der Waals surface area contributed by atoms with Crippen molar-refractivity contribution in [3.05, 3.63) is 29.8 Å². The Balaban J connectivity index is 2.69. The van der Waals surface area contributed by atoms with E-state index in [0.29, 0.717) is 17.5 Å². The molecule has 0 aliphatic rings. The zero-order chi connectivity index (χ0) is 13.5. The molecular weight excluding hydrogens is 226 g/mol. The molecule has 3 heteroatoms. The lowest BCUT2D eigenvalue weighted by molar-refractivity contribution is 0.0697. The van der Waals surface area contributed by atoms with Crippen LogP contribution in [-0.4, -0.2) is 17.1 Å². The maximum Gasteiger partial charge on any atom is 0.335 e. The summed E-state index contributed by atoms with van der Waals surface area (Å²) >= 11 is 0. The predicted molar refractivity (Wildman–Crippen MR) is 75.2 cm³/mol. The van der Waals surface area contributed by atoms with Crippen molar-refractivity contribution >= 4 is 11.7 Å². The Morgan fingerprint density at radius 1 is 1.33 bits per heavy atom. The van der Waals surface area contributed by atoms with Gasteiger partial charge in [-0.2, -0.15) is 0 Å². The largest absolute Gasteiger partial charge is 0.478 e. The Morgan fingerprint density at radius 3 is 2.61 bits per heavy atom. The predicted octanol–water partition coefficient (Wildman–Crippen LogP) is 4.01. The fourth-order valence-electron chi connectivity index (χ4n) is 1.96. The molecule has 0 fully saturated rings. The second kappa shape index (κ2) is 7.04. The lowest BCUT2D eigenvalue weighted by Crippen LogP contribution is -2.21. The van der Waals surface area contributed by atoms with Gasteiger partial charge in [0.05, 0.1) is 5.56 Å². The average Bonchev–Trinajstić information content (AvgIpc) is 2.38. The Morgan fingerprint density at radius 2 is 2.06 bits per heavy atom. The van der Waals surface area contributed by atoms with Crippen LogP contribution in [0.15, 0.2) is 24.3 Å². The van der Waals surface area contributed by atoms with E-state index in [4.69, 9.17) is 5.11 Å². The molecule has 2 N–H and O–H groups in total. The number of nitrogens with one attached hydrogen (secondary N) is 1. The van der Waals surface area contributed by atoms with E-state index in [1.807, 2.05) is 6.07 Å². The molecule has 0 saturated carbocycles. The Hall–Kier alpha value is -1.51. The summed E-state index contributed by atoms with van der Waals surface area (Å²) in [5, 5.41) is 12.4. The molecule has 0 bridgehead atoms. The van der Waals surface area contributed by atoms with Crippen LogP contribution < -0.4 is 5.32 Å². The highest BCUT2D eigenvalue weighted by Crippen LogP contribution is 2.18. The van der Waals surface area contributed by atoms with Gasteiger partial charge in [0.15, 0.2) is 0 Å². The molecule has 18 heavy (non-hydrogen) atoms. The van der Waals surface area contributed by atoms with Crippen LogP contribution in [0.2, 0.25) is 0 Å². The van der Waals surface area contributed by atoms with E-state index >= 15 is 0 Å². The minimum absolute atomic E-state index is 0.332. The number of benzene rings is 1. The molecule has 1 rings (SSSR count). The van der Waals surface area contributed by atoms with Crippen molar-refractivity contribution in [1.82, 2.24) is 0 Å². The van der Waals surface area contributed by atoms with Crippen molar-refractivity contribution < 1.29 is 9.90 Å². The third-order valence-electron chi connectivity index (χ3n) is 3.36. The van der Waals surface area contributed by atoms with Crippen LogP contribution in [0.1, 0.15) is 50.4 Å². The number of aromatic carboxylic acids is 1. The highest BCUT2D eigenvalue weighted by molar-refractivity contribution is 5.88. The number of hydrogen-bond acceptors (Lipinski definition) is 2. The van der Waals surface area contributed by atoms with Crippen molar-refractivity contribution in [2.24, 2.45) is 5.92 Å². The van der Waals surface area contributed by atoms with Crippen LogP contribution in [0.3, 0.4) is 0 Å². The number of carboxylic acid groups (broad SMARTS) is 1. The van der Waals surface area contributed by atoms with Crippen molar-refractivity contribution in [3.63, 3.8) is 0 Å². The van der Waals surface area contributed by atoms with Gasteiger partial charge in [-0.15, -0.1) is 0 Å². The standard InChI is InChI=1S/C15H23NO2/c1-4-11(3)9-13(5-2)16-14-8-6-7-12(10-14)15(17)18/h6-8,10-11,13,16H,4-5,9H2,1-3H3,(H,17,18). The van der Waals surface area contributed by atoms with E-state index in [1.54, 1.807) is 18.2 Å². The molecule has 0 spiro atoms. The lowest BCUT2D eigenvalue weighted by atomic mass is 9.97. The number of carbonyl (C=O) groups is 1. The van der Waals surface area contributed by atoms with Gasteiger partial charge in [-0.1, -0.05) is 33.3 Å². The molecule has 2 atom stereocenters. The molecule has 0 radical (unpaired) electrons. The van der Waals surface area contributed by atoms with E-state index < -0.39 is 5.97 Å². The first-order valence-corrected chi connectivity index (χ1v) is 6.66. The van der Waals surface area contributed by atoms with E-state index in [-0.39, 0.29) is 0 Å². The number of anilines is 1. The van der Waals surface area contributed by atoms with Crippen molar-refractivity contribution in [3.8, 4) is 0 Å². The first-order chi connectivity index (χ1) is 8.56. The van der Waals surface area contributed by atoms with Crippen LogP contribution in [0, 0.1) is 5.92 Å². The highest BCUT2D eigenvalue weighted by atomic mass is 16.4. The Kier molecular flexibility index (Phi) is 5.69. The van der Waals surface area contributed by atoms with Gasteiger partial charge in [-0.05, 0) is 37.0 Å². The van der Waals surface area contributed by atoms with Crippen molar-refractivity contribution in [2.45, 2.75) is 46.1 Å². The second-order valence-electron chi connectivity index (χ2n) is 4.88. The summed E-state index contributed by atoms with van der Waals surface area (Å²) in [5.41, 5.74) is 1.23. The van der Waals surface area contributed by atoms with Crippen LogP contribution in [0.4, 0.5) is 5.69 Å². The quantitative estimate of drug-likeness (QED) is 0.767. The zero-order valence-corrected chi connectivity index (χ0v) is 11.4. The summed E-state index contributed by atoms with van der Waals surface area (Å²) in [7, 11) is 0. The number of carboxylic acids is 1. The zero-order valence-electron chi connectivity index (χ0n) is 11.4. The molecule has 1 aromatic rings. The van der Waals surface area contributed by atoms with Gasteiger partial charge in [0.1, 0.15) is 0 Å². The van der Waals surface area contributed by atoms with Crippen LogP contribution in [0.25, 0.3) is 0 Å². The highest BCUT2D eigenvalue weighted by Gasteiger charge is 2.11. The molecular formula is C15H23NO2. The van der Waals surface area contributed by atoms with Gasteiger partial charge >= 0.3 is 5.97 Å². The molecule has 0 saturated heterocycles. The maximum atomic E-state index is 10.9. The van der Waals surface area contributed by atoms with E-state index in [0.717, 1.165) is 18.5 Å². The van der Waals surface area contributed by atoms with Gasteiger partial charge in [-0.3, -0.25) is 0 Å². The van der Waals surface area contributed by atoms with Crippen LogP contribution in [-0.2, 0) is 0 Å². The van der Waals surface area contributed by atoms with Crippen LogP contribution >= 0.6 is 0 Å². The topological polar surface area (TPSA) is 49.3 Å². The molecule has 0 amide bonds. The molecule has 1 aromatic carbocycles. The number of hydrogen-bond donors (Lipinski definition) is 2. The smallest absolute Gasteiger partial charge is 0.335 e. The molecule has 3 nitrogen and oxygen atoms in total. The number of rotatable bonds is 7. The monoisotopic (exact) mass is 249 g/mol. The van der Waals surface area contributed by atoms with Gasteiger partial charge in [0, 0.05) is 11.7 Å². The Labute approximate surface area is 109 Å². The average molecular weight is 249 g/mol. The summed E-state index contributed by atoms with van der Waals surface area (Å²) in [4.78, 5) is 10.9. The summed E-state index contributed by atoms with van der Waals surface area (Å²) in [6.07, 6.45) is 3.33. The van der Waals surface area contributed by atoms with Gasteiger partial charge in [0.2, 0.25) is 0 Å². The first-order valence-electron chi connectivity index (χ1n) is 6.66. The Bertz CT molecular complexity index is 390. The van der Waals surface area contributed by atoms with Crippen LogP contribution in [0.5, 0.6) is 0 Å². The minimum atomic E-state index is -0.881. The molecule has 0 aromatic heterocycles. The minimum Gasteiger partial charge on any atom is -0.478 e. The summed E-state index contributed by atoms with van der Waals surface area (Å²) < 4.78 is 0. The molecule has 0 heterocycles. The van der Waals surface area contributed by atoms with Crippen molar-refractivity contribution in [1.29, 1.82) is 0 Å². The maximum absolute atomic E-state index is 10.9. The molecule has 2 unspecified atom stereocenters.